The van der Waals surface area contributed by atoms with Crippen LogP contribution in [0.4, 0.5) is 11.4 Å². The molecule has 1 heterocycles. The van der Waals surface area contributed by atoms with Crippen LogP contribution in [0.2, 0.25) is 0 Å². The van der Waals surface area contributed by atoms with Gasteiger partial charge in [-0.3, -0.25) is 0 Å². The third-order valence-electron chi connectivity index (χ3n) is 2.68. The second-order valence-corrected chi connectivity index (χ2v) is 5.05. The lowest BCUT2D eigenvalue weighted by Gasteiger charge is -2.31. The monoisotopic (exact) mass is 266 g/mol. The average Bonchev–Trinajstić information content (AvgIpc) is 2.16. The average molecular weight is 267 g/mol. The summed E-state index contributed by atoms with van der Waals surface area (Å²) in [7, 11) is 0. The van der Waals surface area contributed by atoms with Gasteiger partial charge >= 0.3 is 0 Å². The summed E-state index contributed by atoms with van der Waals surface area (Å²) in [4.78, 5) is 2.34. The Morgan fingerprint density at radius 3 is 3.07 bits per heavy atom. The predicted molar refractivity (Wildman–Crippen MR) is 69.5 cm³/mol. The summed E-state index contributed by atoms with van der Waals surface area (Å²) in [5.41, 5.74) is 9.30. The SMILES string of the molecule is C=C(Br)CN1CCCc2cc(N)ccc21. The van der Waals surface area contributed by atoms with Crippen LogP contribution in [0.25, 0.3) is 0 Å². The second kappa shape index (κ2) is 4.27. The molecule has 3 heteroatoms. The number of nitrogens with zero attached hydrogens (tertiary/aromatic N) is 1. The molecule has 2 N–H and O–H groups in total. The highest BCUT2D eigenvalue weighted by molar-refractivity contribution is 9.11. The number of hydrogen-bond donors (Lipinski definition) is 1. The molecule has 0 aromatic heterocycles. The quantitative estimate of drug-likeness (QED) is 0.835. The third-order valence-corrected chi connectivity index (χ3v) is 2.93. The Bertz CT molecular complexity index is 387. The van der Waals surface area contributed by atoms with Crippen molar-refractivity contribution in [3.05, 3.63) is 34.8 Å². The summed E-state index contributed by atoms with van der Waals surface area (Å²) in [6.45, 7) is 5.86. The minimum atomic E-state index is 0.855. The third kappa shape index (κ3) is 2.34. The summed E-state index contributed by atoms with van der Waals surface area (Å²) in [6.07, 6.45) is 2.32. The highest BCUT2D eigenvalue weighted by Gasteiger charge is 2.16. The topological polar surface area (TPSA) is 29.3 Å². The zero-order chi connectivity index (χ0) is 10.8. The van der Waals surface area contributed by atoms with Gasteiger partial charge in [0.25, 0.3) is 0 Å². The first kappa shape index (κ1) is 10.6. The summed E-state index contributed by atoms with van der Waals surface area (Å²) < 4.78 is 1.02. The summed E-state index contributed by atoms with van der Waals surface area (Å²) in [5, 5.41) is 0. The van der Waals surface area contributed by atoms with Crippen molar-refractivity contribution >= 4 is 27.3 Å². The Balaban J connectivity index is 2.30. The predicted octanol–water partition coefficient (Wildman–Crippen LogP) is 2.93. The van der Waals surface area contributed by atoms with E-state index < -0.39 is 0 Å². The van der Waals surface area contributed by atoms with Crippen LogP contribution < -0.4 is 10.6 Å². The maximum Gasteiger partial charge on any atom is 0.0489 e. The number of hydrogen-bond acceptors (Lipinski definition) is 2. The Labute approximate surface area is 98.9 Å². The van der Waals surface area contributed by atoms with Gasteiger partial charge in [-0.25, -0.2) is 0 Å². The van der Waals surface area contributed by atoms with Crippen molar-refractivity contribution < 1.29 is 0 Å². The number of benzene rings is 1. The van der Waals surface area contributed by atoms with Crippen molar-refractivity contribution in [3.8, 4) is 0 Å². The van der Waals surface area contributed by atoms with Gasteiger partial charge in [0, 0.05) is 28.9 Å². The largest absolute Gasteiger partial charge is 0.399 e. The van der Waals surface area contributed by atoms with E-state index in [0.29, 0.717) is 0 Å². The van der Waals surface area contributed by atoms with E-state index in [-0.39, 0.29) is 0 Å². The fraction of sp³-hybridized carbons (Fsp3) is 0.333. The highest BCUT2D eigenvalue weighted by Crippen LogP contribution is 2.29. The van der Waals surface area contributed by atoms with Crippen LogP contribution in [0.15, 0.2) is 29.3 Å². The molecule has 0 atom stereocenters. The number of fused-ring (bicyclic) bond motifs is 1. The molecule has 0 saturated carbocycles. The van der Waals surface area contributed by atoms with Crippen LogP contribution in [-0.2, 0) is 6.42 Å². The first-order valence-electron chi connectivity index (χ1n) is 5.13. The normalized spacial score (nSPS) is 14.9. The number of aryl methyl sites for hydroxylation is 1. The molecular formula is C12H15BrN2. The lowest BCUT2D eigenvalue weighted by atomic mass is 10.0. The Morgan fingerprint density at radius 1 is 1.53 bits per heavy atom. The van der Waals surface area contributed by atoms with Crippen LogP contribution >= 0.6 is 15.9 Å². The molecule has 1 aliphatic heterocycles. The van der Waals surface area contributed by atoms with Crippen LogP contribution in [0.5, 0.6) is 0 Å². The molecule has 0 fully saturated rings. The van der Waals surface area contributed by atoms with Gasteiger partial charge in [0.05, 0.1) is 0 Å². The first-order chi connectivity index (χ1) is 7.16. The second-order valence-electron chi connectivity index (χ2n) is 3.93. The van der Waals surface area contributed by atoms with Gasteiger partial charge in [-0.15, -0.1) is 0 Å². The summed E-state index contributed by atoms with van der Waals surface area (Å²) >= 11 is 3.42. The number of nitrogen functional groups attached to an aromatic ring is 1. The van der Waals surface area contributed by atoms with Crippen molar-refractivity contribution in [2.45, 2.75) is 12.8 Å². The molecule has 0 spiro atoms. The smallest absolute Gasteiger partial charge is 0.0489 e. The molecule has 15 heavy (non-hydrogen) atoms. The lowest BCUT2D eigenvalue weighted by Crippen LogP contribution is -2.30. The minimum absolute atomic E-state index is 0.855. The van der Waals surface area contributed by atoms with E-state index in [1.807, 2.05) is 6.07 Å². The number of nitrogens with two attached hydrogens (primary N) is 1. The van der Waals surface area contributed by atoms with Crippen LogP contribution in [0.3, 0.4) is 0 Å². The number of anilines is 2. The van der Waals surface area contributed by atoms with E-state index >= 15 is 0 Å². The summed E-state index contributed by atoms with van der Waals surface area (Å²) in [6, 6.07) is 6.16. The van der Waals surface area contributed by atoms with Crippen molar-refractivity contribution in [2.24, 2.45) is 0 Å². The first-order valence-corrected chi connectivity index (χ1v) is 5.93. The molecular weight excluding hydrogens is 252 g/mol. The molecule has 0 saturated heterocycles. The van der Waals surface area contributed by atoms with E-state index in [1.54, 1.807) is 0 Å². The van der Waals surface area contributed by atoms with Crippen molar-refractivity contribution in [2.75, 3.05) is 23.7 Å². The van der Waals surface area contributed by atoms with E-state index in [0.717, 1.165) is 29.7 Å². The molecule has 1 aromatic rings. The van der Waals surface area contributed by atoms with Gasteiger partial charge in [0.1, 0.15) is 0 Å². The molecule has 2 rings (SSSR count). The van der Waals surface area contributed by atoms with Crippen molar-refractivity contribution in [1.82, 2.24) is 0 Å². The van der Waals surface area contributed by atoms with E-state index in [2.05, 4.69) is 39.5 Å². The van der Waals surface area contributed by atoms with Crippen molar-refractivity contribution in [1.29, 1.82) is 0 Å². The molecule has 2 nitrogen and oxygen atoms in total. The highest BCUT2D eigenvalue weighted by atomic mass is 79.9. The van der Waals surface area contributed by atoms with E-state index in [1.165, 1.54) is 17.7 Å². The maximum atomic E-state index is 5.78. The molecule has 0 radical (unpaired) electrons. The van der Waals surface area contributed by atoms with Crippen molar-refractivity contribution in [3.63, 3.8) is 0 Å². The van der Waals surface area contributed by atoms with Gasteiger partial charge in [0.2, 0.25) is 0 Å². The van der Waals surface area contributed by atoms with E-state index in [4.69, 9.17) is 5.73 Å². The van der Waals surface area contributed by atoms with Crippen LogP contribution in [0, 0.1) is 0 Å². The summed E-state index contributed by atoms with van der Waals surface area (Å²) in [5.74, 6) is 0. The number of rotatable bonds is 2. The van der Waals surface area contributed by atoms with Crippen LogP contribution in [-0.4, -0.2) is 13.1 Å². The zero-order valence-corrected chi connectivity index (χ0v) is 10.3. The number of halogens is 1. The Hall–Kier alpha value is -0.960. The van der Waals surface area contributed by atoms with Crippen LogP contribution in [0.1, 0.15) is 12.0 Å². The molecule has 0 amide bonds. The van der Waals surface area contributed by atoms with Gasteiger partial charge < -0.3 is 10.6 Å². The van der Waals surface area contributed by atoms with Gasteiger partial charge in [-0.1, -0.05) is 22.5 Å². The zero-order valence-electron chi connectivity index (χ0n) is 8.67. The molecule has 1 aromatic carbocycles. The fourth-order valence-corrected chi connectivity index (χ4v) is 2.37. The van der Waals surface area contributed by atoms with Gasteiger partial charge in [-0.2, -0.15) is 0 Å². The lowest BCUT2D eigenvalue weighted by molar-refractivity contribution is 0.721. The van der Waals surface area contributed by atoms with E-state index in [9.17, 15) is 0 Å². The molecule has 0 unspecified atom stereocenters. The minimum Gasteiger partial charge on any atom is -0.399 e. The fourth-order valence-electron chi connectivity index (χ4n) is 2.07. The molecule has 1 aliphatic rings. The molecule has 80 valence electrons. The Kier molecular flexibility index (Phi) is 3.00. The molecule has 0 aliphatic carbocycles. The van der Waals surface area contributed by atoms with Gasteiger partial charge in [-0.05, 0) is 36.6 Å². The standard InChI is InChI=1S/C12H15BrN2/c1-9(13)8-15-6-2-3-10-7-11(14)4-5-12(10)15/h4-5,7H,1-3,6,8,14H2. The maximum absolute atomic E-state index is 5.78. The molecule has 0 bridgehead atoms. The Morgan fingerprint density at radius 2 is 2.33 bits per heavy atom. The van der Waals surface area contributed by atoms with Gasteiger partial charge in [0.15, 0.2) is 0 Å².